The zero-order valence-electron chi connectivity index (χ0n) is 15.6. The first-order valence-corrected chi connectivity index (χ1v) is 8.56. The lowest BCUT2D eigenvalue weighted by molar-refractivity contribution is -0.645. The van der Waals surface area contributed by atoms with Gasteiger partial charge >= 0.3 is 5.97 Å². The average Bonchev–Trinajstić information content (AvgIpc) is 2.98. The number of phenolic OH excluding ortho intramolecular Hbond substituents is 1. The number of halogens is 1. The lowest BCUT2D eigenvalue weighted by atomic mass is 10.1. The largest absolute Gasteiger partial charge is 1.00 e. The monoisotopic (exact) mass is 403 g/mol. The lowest BCUT2D eigenvalue weighted by Gasteiger charge is -2.16. The number of rotatable bonds is 6. The van der Waals surface area contributed by atoms with Crippen molar-refractivity contribution in [2.45, 2.75) is 19.0 Å². The summed E-state index contributed by atoms with van der Waals surface area (Å²) in [5, 5.41) is 12.1. The quantitative estimate of drug-likeness (QED) is 0.371. The molecular formula is C20H22ClN3O4. The van der Waals surface area contributed by atoms with E-state index in [0.717, 1.165) is 16.6 Å². The van der Waals surface area contributed by atoms with Crippen LogP contribution in [-0.4, -0.2) is 34.7 Å². The summed E-state index contributed by atoms with van der Waals surface area (Å²) >= 11 is 0. The van der Waals surface area contributed by atoms with Gasteiger partial charge in [0, 0.05) is 6.42 Å². The average molecular weight is 404 g/mol. The van der Waals surface area contributed by atoms with E-state index in [4.69, 9.17) is 4.74 Å². The number of benzene rings is 2. The van der Waals surface area contributed by atoms with Crippen LogP contribution in [0.15, 0.2) is 54.9 Å². The number of esters is 1. The SMILES string of the molecule is COC(=O)[C@H](Cc1ccc(O)cc1)NC(=O)Cn1c[n+](C)c2ccccc21.[Cl-]. The van der Waals surface area contributed by atoms with E-state index < -0.39 is 12.0 Å². The Labute approximate surface area is 169 Å². The molecule has 3 rings (SSSR count). The topological polar surface area (TPSA) is 84.4 Å². The minimum absolute atomic E-state index is 0. The van der Waals surface area contributed by atoms with Crippen molar-refractivity contribution in [1.29, 1.82) is 0 Å². The Morgan fingerprint density at radius 1 is 1.18 bits per heavy atom. The maximum atomic E-state index is 12.6. The predicted molar refractivity (Wildman–Crippen MR) is 98.9 cm³/mol. The Morgan fingerprint density at radius 3 is 2.54 bits per heavy atom. The number of amides is 1. The second kappa shape index (κ2) is 9.23. The first kappa shape index (κ1) is 21.2. The number of hydrogen-bond donors (Lipinski definition) is 2. The normalized spacial score (nSPS) is 11.5. The summed E-state index contributed by atoms with van der Waals surface area (Å²) in [7, 11) is 3.20. The fourth-order valence-corrected chi connectivity index (χ4v) is 3.06. The molecule has 0 aliphatic heterocycles. The number of nitrogens with one attached hydrogen (secondary N) is 1. The molecular weight excluding hydrogens is 382 g/mol. The van der Waals surface area contributed by atoms with Gasteiger partial charge in [0.1, 0.15) is 11.8 Å². The molecule has 1 heterocycles. The molecule has 0 bridgehead atoms. The van der Waals surface area contributed by atoms with Crippen LogP contribution in [0.5, 0.6) is 5.75 Å². The molecule has 28 heavy (non-hydrogen) atoms. The Hall–Kier alpha value is -3.06. The standard InChI is InChI=1S/C20H21N3O4.ClH/c1-22-13-23(18-6-4-3-5-17(18)22)12-19(25)21-16(20(26)27-2)11-14-7-9-15(24)10-8-14;/h3-10,13,16H,11-12H2,1-2H3,(H-,21,24,25);1H/t16-;/m0./s1. The van der Waals surface area contributed by atoms with Gasteiger partial charge in [-0.2, -0.15) is 0 Å². The van der Waals surface area contributed by atoms with Crippen molar-refractivity contribution >= 4 is 22.9 Å². The molecule has 0 fully saturated rings. The first-order valence-electron chi connectivity index (χ1n) is 8.56. The summed E-state index contributed by atoms with van der Waals surface area (Å²) in [5.74, 6) is -0.658. The van der Waals surface area contributed by atoms with E-state index in [1.54, 1.807) is 12.1 Å². The molecule has 0 spiro atoms. The molecule has 7 nitrogen and oxygen atoms in total. The van der Waals surface area contributed by atoms with E-state index in [1.807, 2.05) is 46.8 Å². The number of ether oxygens (including phenoxy) is 1. The van der Waals surface area contributed by atoms with Crippen LogP contribution in [0.2, 0.25) is 0 Å². The van der Waals surface area contributed by atoms with Crippen molar-refractivity contribution in [2.24, 2.45) is 7.05 Å². The predicted octanol–water partition coefficient (Wildman–Crippen LogP) is -1.92. The van der Waals surface area contributed by atoms with Gasteiger partial charge in [-0.3, -0.25) is 4.79 Å². The molecule has 1 amide bonds. The molecule has 3 aromatic rings. The molecule has 0 saturated carbocycles. The van der Waals surface area contributed by atoms with Gasteiger partial charge in [0.2, 0.25) is 6.33 Å². The Morgan fingerprint density at radius 2 is 1.86 bits per heavy atom. The third-order valence-electron chi connectivity index (χ3n) is 4.39. The number of carbonyl (C=O) groups excluding carboxylic acids is 2. The van der Waals surface area contributed by atoms with Gasteiger partial charge in [-0.15, -0.1) is 0 Å². The minimum atomic E-state index is -0.803. The smallest absolute Gasteiger partial charge is 0.328 e. The maximum absolute atomic E-state index is 12.6. The summed E-state index contributed by atoms with van der Waals surface area (Å²) in [6.07, 6.45) is 2.12. The van der Waals surface area contributed by atoms with Crippen LogP contribution < -0.4 is 22.3 Å². The molecule has 0 saturated heterocycles. The summed E-state index contributed by atoms with van der Waals surface area (Å²) < 4.78 is 8.59. The molecule has 0 aliphatic carbocycles. The Bertz CT molecular complexity index is 969. The summed E-state index contributed by atoms with van der Waals surface area (Å²) in [6.45, 7) is 0.0877. The third kappa shape index (κ3) is 4.80. The Balaban J connectivity index is 0.00000280. The van der Waals surface area contributed by atoms with Gasteiger partial charge in [-0.05, 0) is 29.8 Å². The number of phenols is 1. The van der Waals surface area contributed by atoms with E-state index >= 15 is 0 Å². The highest BCUT2D eigenvalue weighted by Gasteiger charge is 2.24. The minimum Gasteiger partial charge on any atom is -1.00 e. The van der Waals surface area contributed by atoms with Crippen LogP contribution in [0.3, 0.4) is 0 Å². The van der Waals surface area contributed by atoms with Crippen molar-refractivity contribution in [3.05, 3.63) is 60.4 Å². The maximum Gasteiger partial charge on any atom is 0.328 e. The van der Waals surface area contributed by atoms with Crippen molar-refractivity contribution in [3.63, 3.8) is 0 Å². The van der Waals surface area contributed by atoms with Crippen molar-refractivity contribution in [2.75, 3.05) is 7.11 Å². The van der Waals surface area contributed by atoms with Crippen LogP contribution in [0, 0.1) is 0 Å². The zero-order valence-corrected chi connectivity index (χ0v) is 16.4. The van der Waals surface area contributed by atoms with E-state index in [1.165, 1.54) is 19.2 Å². The highest BCUT2D eigenvalue weighted by atomic mass is 35.5. The lowest BCUT2D eigenvalue weighted by Crippen LogP contribution is -3.00. The zero-order chi connectivity index (χ0) is 19.4. The number of hydrogen-bond acceptors (Lipinski definition) is 4. The molecule has 148 valence electrons. The highest BCUT2D eigenvalue weighted by molar-refractivity contribution is 5.85. The van der Waals surface area contributed by atoms with Crippen LogP contribution >= 0.6 is 0 Å². The number of aromatic hydroxyl groups is 1. The fraction of sp³-hybridized carbons (Fsp3) is 0.250. The van der Waals surface area contributed by atoms with Crippen molar-refractivity contribution in [1.82, 2.24) is 9.88 Å². The van der Waals surface area contributed by atoms with Gasteiger partial charge in [0.05, 0.1) is 14.2 Å². The van der Waals surface area contributed by atoms with Gasteiger partial charge < -0.3 is 27.6 Å². The molecule has 1 aromatic heterocycles. The number of aromatic nitrogens is 2. The Kier molecular flexibility index (Phi) is 7.00. The van der Waals surface area contributed by atoms with E-state index in [0.29, 0.717) is 0 Å². The number of imidazole rings is 1. The molecule has 2 N–H and O–H groups in total. The third-order valence-corrected chi connectivity index (χ3v) is 4.39. The summed E-state index contributed by atoms with van der Waals surface area (Å²) in [4.78, 5) is 24.6. The first-order chi connectivity index (χ1) is 13.0. The molecule has 8 heteroatoms. The van der Waals surface area contributed by atoms with Crippen LogP contribution in [0.1, 0.15) is 5.56 Å². The molecule has 0 aliphatic rings. The number of nitrogens with zero attached hydrogens (tertiary/aromatic N) is 2. The van der Waals surface area contributed by atoms with E-state index in [9.17, 15) is 14.7 Å². The summed E-state index contributed by atoms with van der Waals surface area (Å²) in [5.41, 5.74) is 2.75. The molecule has 1 atom stereocenters. The molecule has 2 aromatic carbocycles. The number of fused-ring (bicyclic) bond motifs is 1. The number of carbonyl (C=O) groups is 2. The second-order valence-corrected chi connectivity index (χ2v) is 6.36. The van der Waals surface area contributed by atoms with Crippen LogP contribution in [0.25, 0.3) is 11.0 Å². The fourth-order valence-electron chi connectivity index (χ4n) is 3.06. The van der Waals surface area contributed by atoms with Gasteiger partial charge in [0.25, 0.3) is 5.91 Å². The van der Waals surface area contributed by atoms with E-state index in [2.05, 4.69) is 5.32 Å². The van der Waals surface area contributed by atoms with Crippen molar-refractivity contribution < 1.29 is 36.4 Å². The molecule has 0 radical (unpaired) electrons. The van der Waals surface area contributed by atoms with Gasteiger partial charge in [-0.1, -0.05) is 24.3 Å². The number of aryl methyl sites for hydroxylation is 1. The summed E-state index contributed by atoms with van der Waals surface area (Å²) in [6, 6.07) is 13.5. The van der Waals surface area contributed by atoms with Crippen molar-refractivity contribution in [3.8, 4) is 5.75 Å². The van der Waals surface area contributed by atoms with Gasteiger partial charge in [0.15, 0.2) is 17.6 Å². The number of methoxy groups -OCH3 is 1. The number of para-hydroxylation sites is 2. The second-order valence-electron chi connectivity index (χ2n) is 6.36. The molecule has 0 unspecified atom stereocenters. The van der Waals surface area contributed by atoms with E-state index in [-0.39, 0.29) is 37.0 Å². The highest BCUT2D eigenvalue weighted by Crippen LogP contribution is 2.13. The van der Waals surface area contributed by atoms with Crippen LogP contribution in [-0.2, 0) is 34.3 Å². The van der Waals surface area contributed by atoms with Crippen LogP contribution in [0.4, 0.5) is 0 Å². The van der Waals surface area contributed by atoms with Gasteiger partial charge in [-0.25, -0.2) is 13.9 Å².